The smallest absolute Gasteiger partial charge is 0.369 e. The summed E-state index contributed by atoms with van der Waals surface area (Å²) >= 11 is 0. The molecule has 146 valence electrons. The van der Waals surface area contributed by atoms with Gasteiger partial charge in [0.2, 0.25) is 0 Å². The summed E-state index contributed by atoms with van der Waals surface area (Å²) in [4.78, 5) is 8.68. The molecule has 1 aliphatic heterocycles. The SMILES string of the molecule is FC(F)(F)c1cccc(N2CCN(CCCNCc3ccccn3)CC2)c1. The van der Waals surface area contributed by atoms with Gasteiger partial charge in [-0.25, -0.2) is 0 Å². The highest BCUT2D eigenvalue weighted by molar-refractivity contribution is 5.49. The lowest BCUT2D eigenvalue weighted by Gasteiger charge is -2.36. The number of halogens is 3. The van der Waals surface area contributed by atoms with Gasteiger partial charge in [0.05, 0.1) is 11.3 Å². The fraction of sp³-hybridized carbons (Fsp3) is 0.450. The largest absolute Gasteiger partial charge is 0.416 e. The van der Waals surface area contributed by atoms with E-state index in [1.54, 1.807) is 12.3 Å². The Balaban J connectivity index is 1.37. The number of piperazine rings is 1. The van der Waals surface area contributed by atoms with Crippen molar-refractivity contribution >= 4 is 5.69 Å². The summed E-state index contributed by atoms with van der Waals surface area (Å²) in [6.07, 6.45) is -1.46. The van der Waals surface area contributed by atoms with E-state index in [0.717, 1.165) is 64.0 Å². The second kappa shape index (κ2) is 9.19. The first kappa shape index (κ1) is 19.6. The van der Waals surface area contributed by atoms with Crippen molar-refractivity contribution in [1.82, 2.24) is 15.2 Å². The van der Waals surface area contributed by atoms with Crippen molar-refractivity contribution in [3.8, 4) is 0 Å². The van der Waals surface area contributed by atoms with Gasteiger partial charge >= 0.3 is 6.18 Å². The van der Waals surface area contributed by atoms with Gasteiger partial charge in [0.25, 0.3) is 0 Å². The Bertz CT molecular complexity index is 698. The zero-order chi connectivity index (χ0) is 19.1. The van der Waals surface area contributed by atoms with Gasteiger partial charge in [0.15, 0.2) is 0 Å². The van der Waals surface area contributed by atoms with Crippen molar-refractivity contribution in [2.24, 2.45) is 0 Å². The molecule has 27 heavy (non-hydrogen) atoms. The van der Waals surface area contributed by atoms with Gasteiger partial charge in [-0.3, -0.25) is 9.88 Å². The second-order valence-corrected chi connectivity index (χ2v) is 6.73. The van der Waals surface area contributed by atoms with E-state index in [0.29, 0.717) is 5.69 Å². The van der Waals surface area contributed by atoms with E-state index in [-0.39, 0.29) is 0 Å². The van der Waals surface area contributed by atoms with E-state index < -0.39 is 11.7 Å². The number of anilines is 1. The highest BCUT2D eigenvalue weighted by Gasteiger charge is 2.31. The first-order chi connectivity index (χ1) is 13.0. The van der Waals surface area contributed by atoms with Gasteiger partial charge in [-0.1, -0.05) is 12.1 Å². The predicted octanol–water partition coefficient (Wildman–Crippen LogP) is 3.40. The van der Waals surface area contributed by atoms with Crippen molar-refractivity contribution in [1.29, 1.82) is 0 Å². The van der Waals surface area contributed by atoms with Crippen LogP contribution in [0.15, 0.2) is 48.7 Å². The highest BCUT2D eigenvalue weighted by Crippen LogP contribution is 2.31. The molecule has 0 saturated carbocycles. The molecule has 1 saturated heterocycles. The number of pyridine rings is 1. The summed E-state index contributed by atoms with van der Waals surface area (Å²) in [6.45, 7) is 5.93. The third-order valence-corrected chi connectivity index (χ3v) is 4.77. The topological polar surface area (TPSA) is 31.4 Å². The Morgan fingerprint density at radius 1 is 1.00 bits per heavy atom. The minimum Gasteiger partial charge on any atom is -0.369 e. The maximum absolute atomic E-state index is 12.9. The molecule has 2 heterocycles. The predicted molar refractivity (Wildman–Crippen MR) is 101 cm³/mol. The van der Waals surface area contributed by atoms with Gasteiger partial charge in [-0.15, -0.1) is 0 Å². The highest BCUT2D eigenvalue weighted by atomic mass is 19.4. The molecule has 1 aliphatic rings. The van der Waals surface area contributed by atoms with Crippen LogP contribution < -0.4 is 10.2 Å². The maximum atomic E-state index is 12.9. The lowest BCUT2D eigenvalue weighted by Crippen LogP contribution is -2.47. The fourth-order valence-electron chi connectivity index (χ4n) is 3.26. The van der Waals surface area contributed by atoms with Gasteiger partial charge in [-0.2, -0.15) is 13.2 Å². The molecule has 0 radical (unpaired) electrons. The first-order valence-electron chi connectivity index (χ1n) is 9.27. The van der Waals surface area contributed by atoms with Crippen molar-refractivity contribution in [3.05, 3.63) is 59.9 Å². The summed E-state index contributed by atoms with van der Waals surface area (Å²) in [5.74, 6) is 0. The van der Waals surface area contributed by atoms with Crippen LogP contribution in [0.2, 0.25) is 0 Å². The molecule has 1 N–H and O–H groups in total. The monoisotopic (exact) mass is 378 g/mol. The number of hydrogen-bond donors (Lipinski definition) is 1. The van der Waals surface area contributed by atoms with Crippen LogP contribution in [-0.4, -0.2) is 49.2 Å². The summed E-state index contributed by atoms with van der Waals surface area (Å²) < 4.78 is 38.6. The molecule has 0 spiro atoms. The third kappa shape index (κ3) is 5.94. The molecule has 0 amide bonds. The normalized spacial score (nSPS) is 15.9. The minimum atomic E-state index is -4.29. The number of hydrogen-bond acceptors (Lipinski definition) is 4. The average molecular weight is 378 g/mol. The van der Waals surface area contributed by atoms with Crippen LogP contribution >= 0.6 is 0 Å². The number of benzene rings is 1. The zero-order valence-electron chi connectivity index (χ0n) is 15.3. The van der Waals surface area contributed by atoms with E-state index in [1.807, 2.05) is 23.1 Å². The van der Waals surface area contributed by atoms with Gasteiger partial charge < -0.3 is 10.2 Å². The molecule has 0 aliphatic carbocycles. The molecule has 1 aromatic carbocycles. The summed E-state index contributed by atoms with van der Waals surface area (Å²) in [7, 11) is 0. The molecule has 1 fully saturated rings. The van der Waals surface area contributed by atoms with E-state index in [2.05, 4.69) is 15.2 Å². The first-order valence-corrected chi connectivity index (χ1v) is 9.27. The lowest BCUT2D eigenvalue weighted by molar-refractivity contribution is -0.137. The molecule has 0 bridgehead atoms. The third-order valence-electron chi connectivity index (χ3n) is 4.77. The van der Waals surface area contributed by atoms with Crippen molar-refractivity contribution in [3.63, 3.8) is 0 Å². The molecule has 0 atom stereocenters. The Morgan fingerprint density at radius 3 is 2.52 bits per heavy atom. The van der Waals surface area contributed by atoms with E-state index in [9.17, 15) is 13.2 Å². The molecule has 7 heteroatoms. The van der Waals surface area contributed by atoms with E-state index in [4.69, 9.17) is 0 Å². The van der Waals surface area contributed by atoms with Gasteiger partial charge in [0, 0.05) is 44.6 Å². The number of alkyl halides is 3. The summed E-state index contributed by atoms with van der Waals surface area (Å²) in [5.41, 5.74) is 1.11. The summed E-state index contributed by atoms with van der Waals surface area (Å²) in [5, 5.41) is 3.39. The average Bonchev–Trinajstić information content (AvgIpc) is 2.68. The van der Waals surface area contributed by atoms with E-state index in [1.165, 1.54) is 12.1 Å². The Hall–Kier alpha value is -2.12. The van der Waals surface area contributed by atoms with Crippen molar-refractivity contribution in [2.75, 3.05) is 44.2 Å². The zero-order valence-corrected chi connectivity index (χ0v) is 15.3. The van der Waals surface area contributed by atoms with Crippen LogP contribution in [0, 0.1) is 0 Å². The molecular weight excluding hydrogens is 353 g/mol. The molecule has 1 aromatic heterocycles. The maximum Gasteiger partial charge on any atom is 0.416 e. The lowest BCUT2D eigenvalue weighted by atomic mass is 10.1. The standard InChI is InChI=1S/C20H25F3N4/c21-20(22,23)17-5-3-7-19(15-17)27-13-11-26(12-14-27)10-4-8-24-16-18-6-1-2-9-25-18/h1-3,5-7,9,15,24H,4,8,10-14,16H2. The minimum absolute atomic E-state index is 0.582. The fourth-order valence-corrected chi connectivity index (χ4v) is 3.26. The van der Waals surface area contributed by atoms with Crippen LogP contribution in [0.25, 0.3) is 0 Å². The number of nitrogens with one attached hydrogen (secondary N) is 1. The van der Waals surface area contributed by atoms with Crippen molar-refractivity contribution < 1.29 is 13.2 Å². The van der Waals surface area contributed by atoms with Gasteiger partial charge in [0.1, 0.15) is 0 Å². The number of rotatable bonds is 7. The molecule has 3 rings (SSSR count). The summed E-state index contributed by atoms with van der Waals surface area (Å²) in [6, 6.07) is 11.5. The second-order valence-electron chi connectivity index (χ2n) is 6.73. The number of nitrogens with zero attached hydrogens (tertiary/aromatic N) is 3. The molecule has 0 unspecified atom stereocenters. The molecular formula is C20H25F3N4. The van der Waals surface area contributed by atoms with E-state index >= 15 is 0 Å². The Kier molecular flexibility index (Phi) is 6.68. The van der Waals surface area contributed by atoms with Crippen LogP contribution in [0.1, 0.15) is 17.7 Å². The van der Waals surface area contributed by atoms with Crippen LogP contribution in [-0.2, 0) is 12.7 Å². The Labute approximate surface area is 158 Å². The van der Waals surface area contributed by atoms with Crippen LogP contribution in [0.5, 0.6) is 0 Å². The quantitative estimate of drug-likeness (QED) is 0.749. The molecule has 4 nitrogen and oxygen atoms in total. The van der Waals surface area contributed by atoms with Crippen molar-refractivity contribution in [2.45, 2.75) is 19.1 Å². The molecule has 2 aromatic rings. The Morgan fingerprint density at radius 2 is 1.81 bits per heavy atom. The van der Waals surface area contributed by atoms with Gasteiger partial charge in [-0.05, 0) is 49.8 Å². The van der Waals surface area contributed by atoms with Crippen LogP contribution in [0.3, 0.4) is 0 Å². The van der Waals surface area contributed by atoms with Crippen LogP contribution in [0.4, 0.5) is 18.9 Å². The number of aromatic nitrogens is 1.